The monoisotopic (exact) mass is 191 g/mol. The van der Waals surface area contributed by atoms with Gasteiger partial charge in [0, 0.05) is 12.1 Å². The smallest absolute Gasteiger partial charge is 0.0996 e. The van der Waals surface area contributed by atoms with Crippen LogP contribution in [0, 0.1) is 0 Å². The van der Waals surface area contributed by atoms with E-state index in [1.807, 2.05) is 13.0 Å². The Bertz CT molecular complexity index is 296. The Kier molecular flexibility index (Phi) is 4.76. The van der Waals surface area contributed by atoms with Gasteiger partial charge in [-0.1, -0.05) is 19.4 Å². The fraction of sp³-hybridized carbons (Fsp3) is 0.417. The van der Waals surface area contributed by atoms with E-state index in [2.05, 4.69) is 24.1 Å². The molecule has 0 spiro atoms. The second-order valence-corrected chi connectivity index (χ2v) is 3.06. The first-order valence-electron chi connectivity index (χ1n) is 5.12. The summed E-state index contributed by atoms with van der Waals surface area (Å²) in [6.07, 6.45) is 9.89. The van der Waals surface area contributed by atoms with Crippen LogP contribution >= 0.6 is 0 Å². The lowest BCUT2D eigenvalue weighted by Gasteiger charge is -1.95. The molecule has 1 rings (SSSR count). The molecule has 0 aliphatic heterocycles. The van der Waals surface area contributed by atoms with Gasteiger partial charge in [0.2, 0.25) is 0 Å². The summed E-state index contributed by atoms with van der Waals surface area (Å²) in [5.74, 6) is 0. The second kappa shape index (κ2) is 6.19. The highest BCUT2D eigenvalue weighted by Gasteiger charge is 1.99. The van der Waals surface area contributed by atoms with Crippen molar-refractivity contribution in [1.29, 1.82) is 0 Å². The van der Waals surface area contributed by atoms with Crippen LogP contribution in [0.2, 0.25) is 0 Å². The van der Waals surface area contributed by atoms with Gasteiger partial charge in [-0.3, -0.25) is 4.99 Å². The molecule has 1 aromatic heterocycles. The molecule has 0 aromatic carbocycles. The van der Waals surface area contributed by atoms with Gasteiger partial charge in [0.25, 0.3) is 0 Å². The number of aliphatic imine (C=N–C) groups is 1. The summed E-state index contributed by atoms with van der Waals surface area (Å²) in [5.41, 5.74) is 2.06. The fourth-order valence-electron chi connectivity index (χ4n) is 1.18. The third-order valence-corrected chi connectivity index (χ3v) is 1.88. The number of unbranched alkanes of at least 4 members (excludes halogenated alkanes) is 1. The van der Waals surface area contributed by atoms with E-state index >= 15 is 0 Å². The van der Waals surface area contributed by atoms with Crippen molar-refractivity contribution in [1.82, 2.24) is 0 Å². The molecular weight excluding hydrogens is 174 g/mol. The van der Waals surface area contributed by atoms with Crippen LogP contribution < -0.4 is 0 Å². The van der Waals surface area contributed by atoms with Crippen LogP contribution in [0.1, 0.15) is 32.3 Å². The summed E-state index contributed by atoms with van der Waals surface area (Å²) >= 11 is 0. The largest absolute Gasteiger partial charge is 0.472 e. The molecule has 0 radical (unpaired) electrons. The van der Waals surface area contributed by atoms with Crippen molar-refractivity contribution in [2.75, 3.05) is 6.54 Å². The van der Waals surface area contributed by atoms with Crippen LogP contribution in [0.5, 0.6) is 0 Å². The van der Waals surface area contributed by atoms with Crippen molar-refractivity contribution in [3.63, 3.8) is 0 Å². The summed E-state index contributed by atoms with van der Waals surface area (Å²) in [4.78, 5) is 4.41. The average Bonchev–Trinajstić information content (AvgIpc) is 2.70. The second-order valence-electron chi connectivity index (χ2n) is 3.06. The number of rotatable bonds is 5. The van der Waals surface area contributed by atoms with Gasteiger partial charge in [-0.2, -0.15) is 0 Å². The maximum atomic E-state index is 5.03. The fourth-order valence-corrected chi connectivity index (χ4v) is 1.18. The molecule has 1 heterocycles. The van der Waals surface area contributed by atoms with E-state index < -0.39 is 0 Å². The summed E-state index contributed by atoms with van der Waals surface area (Å²) in [7, 11) is 0. The maximum absolute atomic E-state index is 5.03. The Morgan fingerprint density at radius 3 is 2.93 bits per heavy atom. The van der Waals surface area contributed by atoms with Crippen molar-refractivity contribution >= 4 is 5.71 Å². The third-order valence-electron chi connectivity index (χ3n) is 1.88. The van der Waals surface area contributed by atoms with Gasteiger partial charge in [-0.15, -0.1) is 0 Å². The van der Waals surface area contributed by atoms with Gasteiger partial charge in [0.1, 0.15) is 0 Å². The third kappa shape index (κ3) is 3.21. The molecule has 1 aromatic rings. The normalized spacial score (nSPS) is 12.6. The van der Waals surface area contributed by atoms with Crippen LogP contribution in [0.3, 0.4) is 0 Å². The van der Waals surface area contributed by atoms with E-state index in [4.69, 9.17) is 4.42 Å². The van der Waals surface area contributed by atoms with Gasteiger partial charge in [-0.05, 0) is 25.5 Å². The lowest BCUT2D eigenvalue weighted by atomic mass is 10.2. The van der Waals surface area contributed by atoms with Gasteiger partial charge < -0.3 is 4.42 Å². The predicted molar refractivity (Wildman–Crippen MR) is 59.8 cm³/mol. The van der Waals surface area contributed by atoms with Crippen LogP contribution in [-0.4, -0.2) is 12.3 Å². The molecule has 2 nitrogen and oxygen atoms in total. The predicted octanol–water partition coefficient (Wildman–Crippen LogP) is 3.44. The van der Waals surface area contributed by atoms with Crippen LogP contribution in [-0.2, 0) is 0 Å². The molecule has 0 saturated heterocycles. The Hall–Kier alpha value is -1.31. The van der Waals surface area contributed by atoms with E-state index in [0.29, 0.717) is 0 Å². The molecule has 0 amide bonds. The average molecular weight is 191 g/mol. The SMILES string of the molecule is CCC/C=C\C(=NCC)c1ccoc1. The molecule has 14 heavy (non-hydrogen) atoms. The molecule has 0 aliphatic carbocycles. The molecule has 0 atom stereocenters. The minimum atomic E-state index is 0.803. The van der Waals surface area contributed by atoms with E-state index in [1.165, 1.54) is 6.42 Å². The van der Waals surface area contributed by atoms with Crippen molar-refractivity contribution in [2.45, 2.75) is 26.7 Å². The van der Waals surface area contributed by atoms with Gasteiger partial charge in [0.15, 0.2) is 0 Å². The number of hydrogen-bond donors (Lipinski definition) is 0. The highest BCUT2D eigenvalue weighted by atomic mass is 16.3. The lowest BCUT2D eigenvalue weighted by molar-refractivity contribution is 0.567. The van der Waals surface area contributed by atoms with E-state index in [1.54, 1.807) is 12.5 Å². The summed E-state index contributed by atoms with van der Waals surface area (Å²) < 4.78 is 5.03. The summed E-state index contributed by atoms with van der Waals surface area (Å²) in [6, 6.07) is 1.94. The van der Waals surface area contributed by atoms with E-state index in [0.717, 1.165) is 24.2 Å². The molecule has 0 bridgehead atoms. The molecule has 0 N–H and O–H groups in total. The standard InChI is InChI=1S/C12H17NO/c1-3-5-6-7-12(13-4-2)11-8-9-14-10-11/h6-10H,3-5H2,1-2H3/b7-6-,13-12?. The summed E-state index contributed by atoms with van der Waals surface area (Å²) in [5, 5.41) is 0. The highest BCUT2D eigenvalue weighted by molar-refractivity contribution is 6.08. The molecule has 76 valence electrons. The molecule has 0 saturated carbocycles. The lowest BCUT2D eigenvalue weighted by Crippen LogP contribution is -1.95. The van der Waals surface area contributed by atoms with Crippen molar-refractivity contribution in [3.05, 3.63) is 36.3 Å². The van der Waals surface area contributed by atoms with Crippen LogP contribution in [0.25, 0.3) is 0 Å². The van der Waals surface area contributed by atoms with Gasteiger partial charge >= 0.3 is 0 Å². The maximum Gasteiger partial charge on any atom is 0.0996 e. The van der Waals surface area contributed by atoms with Crippen molar-refractivity contribution in [2.24, 2.45) is 4.99 Å². The molecular formula is C12H17NO. The zero-order valence-corrected chi connectivity index (χ0v) is 8.86. The highest BCUT2D eigenvalue weighted by Crippen LogP contribution is 2.04. The van der Waals surface area contributed by atoms with E-state index in [9.17, 15) is 0 Å². The van der Waals surface area contributed by atoms with Crippen molar-refractivity contribution < 1.29 is 4.42 Å². The molecule has 2 heteroatoms. The topological polar surface area (TPSA) is 25.5 Å². The van der Waals surface area contributed by atoms with Crippen LogP contribution in [0.4, 0.5) is 0 Å². The molecule has 0 aliphatic rings. The Morgan fingerprint density at radius 2 is 2.36 bits per heavy atom. The first kappa shape index (κ1) is 10.8. The number of hydrogen-bond acceptors (Lipinski definition) is 2. The van der Waals surface area contributed by atoms with Gasteiger partial charge in [-0.25, -0.2) is 0 Å². The summed E-state index contributed by atoms with van der Waals surface area (Å²) in [6.45, 7) is 5.00. The Balaban J connectivity index is 2.71. The Labute approximate surface area is 85.4 Å². The number of allylic oxidation sites excluding steroid dienone is 2. The molecule has 0 unspecified atom stereocenters. The number of furan rings is 1. The minimum Gasteiger partial charge on any atom is -0.472 e. The quantitative estimate of drug-likeness (QED) is 0.654. The Morgan fingerprint density at radius 1 is 1.50 bits per heavy atom. The number of nitrogens with zero attached hydrogens (tertiary/aromatic N) is 1. The first-order chi connectivity index (χ1) is 6.88. The van der Waals surface area contributed by atoms with Crippen LogP contribution in [0.15, 0.2) is 40.2 Å². The van der Waals surface area contributed by atoms with E-state index in [-0.39, 0.29) is 0 Å². The zero-order chi connectivity index (χ0) is 10.2. The molecule has 0 fully saturated rings. The van der Waals surface area contributed by atoms with Gasteiger partial charge in [0.05, 0.1) is 18.2 Å². The zero-order valence-electron chi connectivity index (χ0n) is 8.86. The van der Waals surface area contributed by atoms with Crippen molar-refractivity contribution in [3.8, 4) is 0 Å². The first-order valence-corrected chi connectivity index (χ1v) is 5.12. The minimum absolute atomic E-state index is 0.803.